The van der Waals surface area contributed by atoms with Gasteiger partial charge in [-0.1, -0.05) is 0 Å². The summed E-state index contributed by atoms with van der Waals surface area (Å²) in [5, 5.41) is 3.57. The number of aromatic amines is 1. The molecule has 2 N–H and O–H groups in total. The lowest BCUT2D eigenvalue weighted by atomic mass is 9.50. The number of hydrogen-bond donors (Lipinski definition) is 2. The molecule has 2 heterocycles. The van der Waals surface area contributed by atoms with E-state index in [0.717, 1.165) is 42.7 Å². The van der Waals surface area contributed by atoms with Crippen LogP contribution in [0.5, 0.6) is 0 Å². The number of nitrogens with one attached hydrogen (secondary N) is 2. The van der Waals surface area contributed by atoms with Gasteiger partial charge in [0.2, 0.25) is 0 Å². The second-order valence-electron chi connectivity index (χ2n) is 7.58. The van der Waals surface area contributed by atoms with Crippen molar-refractivity contribution in [3.8, 4) is 0 Å². The Kier molecular flexibility index (Phi) is 2.24. The van der Waals surface area contributed by atoms with E-state index in [1.807, 2.05) is 0 Å². The molecule has 2 nitrogen and oxygen atoms in total. The van der Waals surface area contributed by atoms with E-state index in [9.17, 15) is 0 Å². The zero-order chi connectivity index (χ0) is 12.4. The highest BCUT2D eigenvalue weighted by Gasteiger charge is 2.49. The molecule has 5 aliphatic rings. The van der Waals surface area contributed by atoms with Crippen LogP contribution in [0.2, 0.25) is 0 Å². The molecule has 0 radical (unpaired) electrons. The van der Waals surface area contributed by atoms with E-state index >= 15 is 0 Å². The maximum Gasteiger partial charge on any atom is 0.0226 e. The topological polar surface area (TPSA) is 27.8 Å². The van der Waals surface area contributed by atoms with E-state index in [-0.39, 0.29) is 0 Å². The van der Waals surface area contributed by atoms with Crippen LogP contribution in [0, 0.1) is 23.7 Å². The monoisotopic (exact) mass is 256 g/mol. The Balaban J connectivity index is 1.54. The van der Waals surface area contributed by atoms with Gasteiger partial charge in [-0.15, -0.1) is 0 Å². The van der Waals surface area contributed by atoms with Crippen LogP contribution in [-0.4, -0.2) is 11.5 Å². The standard InChI is InChI=1S/C17H24N2/c1-2-18-8-14-15(9-19-16(1)14)17-12-4-10-3-11(6-12)7-13(17)5-10/h9-13,17-19H,1-8H2. The summed E-state index contributed by atoms with van der Waals surface area (Å²) in [4.78, 5) is 3.60. The minimum absolute atomic E-state index is 0.896. The Morgan fingerprint density at radius 1 is 0.947 bits per heavy atom. The molecule has 0 saturated heterocycles. The first kappa shape index (κ1) is 11.0. The van der Waals surface area contributed by atoms with Crippen LogP contribution in [0.4, 0.5) is 0 Å². The molecule has 0 aromatic carbocycles. The predicted molar refractivity (Wildman–Crippen MR) is 76.0 cm³/mol. The van der Waals surface area contributed by atoms with Gasteiger partial charge in [0.25, 0.3) is 0 Å². The average molecular weight is 256 g/mol. The van der Waals surface area contributed by atoms with Gasteiger partial charge in [0.05, 0.1) is 0 Å². The Bertz CT molecular complexity index is 473. The third-order valence-corrected chi connectivity index (χ3v) is 6.55. The number of hydrogen-bond acceptors (Lipinski definition) is 1. The summed E-state index contributed by atoms with van der Waals surface area (Å²) in [6.07, 6.45) is 11.3. The molecule has 4 saturated carbocycles. The predicted octanol–water partition coefficient (Wildman–Crippen LogP) is 3.20. The highest BCUT2D eigenvalue weighted by Crippen LogP contribution is 2.60. The van der Waals surface area contributed by atoms with Gasteiger partial charge >= 0.3 is 0 Å². The Morgan fingerprint density at radius 3 is 2.42 bits per heavy atom. The summed E-state index contributed by atoms with van der Waals surface area (Å²) in [6.45, 7) is 2.26. The van der Waals surface area contributed by atoms with Crippen molar-refractivity contribution in [1.82, 2.24) is 10.3 Å². The number of aromatic nitrogens is 1. The normalized spacial score (nSPS) is 43.5. The molecule has 1 aromatic heterocycles. The van der Waals surface area contributed by atoms with Crippen LogP contribution >= 0.6 is 0 Å². The average Bonchev–Trinajstić information content (AvgIpc) is 2.82. The first-order chi connectivity index (χ1) is 9.38. The van der Waals surface area contributed by atoms with E-state index in [2.05, 4.69) is 16.5 Å². The molecule has 4 bridgehead atoms. The highest BCUT2D eigenvalue weighted by atomic mass is 14.9. The van der Waals surface area contributed by atoms with E-state index in [0.29, 0.717) is 0 Å². The zero-order valence-electron chi connectivity index (χ0n) is 11.6. The van der Waals surface area contributed by atoms with Crippen molar-refractivity contribution >= 4 is 0 Å². The Labute approximate surface area is 115 Å². The molecule has 0 spiro atoms. The fourth-order valence-corrected chi connectivity index (χ4v) is 6.10. The molecular weight excluding hydrogens is 232 g/mol. The second kappa shape index (κ2) is 3.88. The van der Waals surface area contributed by atoms with Gasteiger partial charge in [0.1, 0.15) is 0 Å². The van der Waals surface area contributed by atoms with Crippen molar-refractivity contribution in [2.75, 3.05) is 6.54 Å². The molecule has 1 aromatic rings. The lowest BCUT2D eigenvalue weighted by Gasteiger charge is -2.54. The van der Waals surface area contributed by atoms with Crippen molar-refractivity contribution in [3.05, 3.63) is 23.0 Å². The molecule has 0 amide bonds. The largest absolute Gasteiger partial charge is 0.364 e. The Morgan fingerprint density at radius 2 is 1.68 bits per heavy atom. The van der Waals surface area contributed by atoms with Crippen molar-refractivity contribution in [2.45, 2.75) is 51.0 Å². The molecule has 102 valence electrons. The van der Waals surface area contributed by atoms with Crippen molar-refractivity contribution in [2.24, 2.45) is 23.7 Å². The van der Waals surface area contributed by atoms with Crippen LogP contribution in [0.25, 0.3) is 0 Å². The first-order valence-corrected chi connectivity index (χ1v) is 8.28. The van der Waals surface area contributed by atoms with Gasteiger partial charge in [-0.05, 0) is 72.8 Å². The fourth-order valence-electron chi connectivity index (χ4n) is 6.10. The minimum atomic E-state index is 0.896. The highest BCUT2D eigenvalue weighted by molar-refractivity contribution is 5.37. The van der Waals surface area contributed by atoms with Gasteiger partial charge in [-0.25, -0.2) is 0 Å². The van der Waals surface area contributed by atoms with Crippen LogP contribution in [0.1, 0.15) is 54.8 Å². The summed E-state index contributed by atoms with van der Waals surface area (Å²) in [5.41, 5.74) is 4.88. The zero-order valence-corrected chi connectivity index (χ0v) is 11.6. The lowest BCUT2D eigenvalue weighted by molar-refractivity contribution is -0.00305. The maximum absolute atomic E-state index is 3.60. The van der Waals surface area contributed by atoms with E-state index in [4.69, 9.17) is 0 Å². The summed E-state index contributed by atoms with van der Waals surface area (Å²) in [6, 6.07) is 0. The SMILES string of the molecule is c1[nH]c2c(c1C1C3CC4CC(C3)CC1C4)CNCC2. The van der Waals surface area contributed by atoms with Gasteiger partial charge < -0.3 is 10.3 Å². The fraction of sp³-hybridized carbons (Fsp3) is 0.765. The van der Waals surface area contributed by atoms with Gasteiger partial charge in [-0.3, -0.25) is 0 Å². The number of rotatable bonds is 1. The van der Waals surface area contributed by atoms with Crippen LogP contribution in [-0.2, 0) is 13.0 Å². The van der Waals surface area contributed by atoms with Gasteiger partial charge in [-0.2, -0.15) is 0 Å². The van der Waals surface area contributed by atoms with Crippen molar-refractivity contribution in [1.29, 1.82) is 0 Å². The van der Waals surface area contributed by atoms with E-state index in [1.54, 1.807) is 17.5 Å². The summed E-state index contributed by atoms with van der Waals surface area (Å²) in [5.74, 6) is 5.10. The number of H-pyrrole nitrogens is 1. The number of fused-ring (bicyclic) bond motifs is 1. The Hall–Kier alpha value is -0.760. The molecule has 2 heteroatoms. The molecular formula is C17H24N2. The first-order valence-electron chi connectivity index (χ1n) is 8.28. The smallest absolute Gasteiger partial charge is 0.0226 e. The van der Waals surface area contributed by atoms with Gasteiger partial charge in [0.15, 0.2) is 0 Å². The summed E-state index contributed by atoms with van der Waals surface area (Å²) < 4.78 is 0. The summed E-state index contributed by atoms with van der Waals surface area (Å²) in [7, 11) is 0. The van der Waals surface area contributed by atoms with Crippen LogP contribution < -0.4 is 5.32 Å². The quantitative estimate of drug-likeness (QED) is 0.793. The molecule has 0 atom stereocenters. The molecule has 4 aliphatic carbocycles. The minimum Gasteiger partial charge on any atom is -0.364 e. The molecule has 0 unspecified atom stereocenters. The van der Waals surface area contributed by atoms with Crippen molar-refractivity contribution < 1.29 is 0 Å². The summed E-state index contributed by atoms with van der Waals surface area (Å²) >= 11 is 0. The van der Waals surface area contributed by atoms with Crippen LogP contribution in [0.15, 0.2) is 6.20 Å². The van der Waals surface area contributed by atoms with Crippen LogP contribution in [0.3, 0.4) is 0 Å². The third-order valence-electron chi connectivity index (χ3n) is 6.55. The lowest BCUT2D eigenvalue weighted by Crippen LogP contribution is -2.44. The molecule has 1 aliphatic heterocycles. The molecule has 6 rings (SSSR count). The molecule has 19 heavy (non-hydrogen) atoms. The second-order valence-corrected chi connectivity index (χ2v) is 7.58. The van der Waals surface area contributed by atoms with E-state index < -0.39 is 0 Å². The van der Waals surface area contributed by atoms with Crippen molar-refractivity contribution in [3.63, 3.8) is 0 Å². The maximum atomic E-state index is 3.60. The van der Waals surface area contributed by atoms with Gasteiger partial charge in [0, 0.05) is 31.4 Å². The third kappa shape index (κ3) is 1.53. The van der Waals surface area contributed by atoms with E-state index in [1.165, 1.54) is 37.8 Å². The molecule has 4 fully saturated rings.